The molecular formula is C17H18O17. The molecule has 34 heavy (non-hydrogen) atoms. The first-order valence-corrected chi connectivity index (χ1v) is 8.78. The van der Waals surface area contributed by atoms with Gasteiger partial charge in [-0.15, -0.1) is 0 Å². The van der Waals surface area contributed by atoms with Gasteiger partial charge in [-0.05, 0) is 0 Å². The lowest BCUT2D eigenvalue weighted by Gasteiger charge is -2.30. The van der Waals surface area contributed by atoms with Crippen LogP contribution < -0.4 is 0 Å². The number of carbonyl (C=O) groups is 9. The zero-order valence-electron chi connectivity index (χ0n) is 16.9. The molecule has 17 heteroatoms. The highest BCUT2D eigenvalue weighted by Gasteiger charge is 2.52. The van der Waals surface area contributed by atoms with Crippen molar-refractivity contribution in [2.24, 2.45) is 0 Å². The van der Waals surface area contributed by atoms with Crippen molar-refractivity contribution in [2.45, 2.75) is 49.7 Å². The van der Waals surface area contributed by atoms with Crippen LogP contribution in [0, 0.1) is 0 Å². The second-order valence-electron chi connectivity index (χ2n) is 6.67. The molecule has 0 rings (SSSR count). The lowest BCUT2D eigenvalue weighted by molar-refractivity contribution is -0.196. The van der Waals surface area contributed by atoms with E-state index in [1.54, 1.807) is 0 Å². The summed E-state index contributed by atoms with van der Waals surface area (Å²) in [5.41, 5.74) is -6.65. The van der Waals surface area contributed by atoms with Gasteiger partial charge in [0.1, 0.15) is 0 Å². The number of Topliss-reactive ketones (excluding diaryl/α,β-unsaturated/α-hetero) is 1. The molecule has 0 heterocycles. The van der Waals surface area contributed by atoms with Gasteiger partial charge in [-0.25, -0.2) is 14.4 Å². The van der Waals surface area contributed by atoms with E-state index in [0.717, 1.165) is 0 Å². The molecule has 1 unspecified atom stereocenters. The molecule has 0 saturated heterocycles. The number of esters is 2. The summed E-state index contributed by atoms with van der Waals surface area (Å²) < 4.78 is 8.79. The Morgan fingerprint density at radius 1 is 0.500 bits per heavy atom. The van der Waals surface area contributed by atoms with Gasteiger partial charge in [0.25, 0.3) is 0 Å². The van der Waals surface area contributed by atoms with Crippen molar-refractivity contribution >= 4 is 53.5 Å². The fourth-order valence-corrected chi connectivity index (χ4v) is 2.44. The Morgan fingerprint density at radius 3 is 1.21 bits per heavy atom. The number of ketones is 1. The second-order valence-corrected chi connectivity index (χ2v) is 6.67. The van der Waals surface area contributed by atoms with Crippen molar-refractivity contribution in [2.75, 3.05) is 0 Å². The number of carboxylic acids is 6. The molecule has 0 aliphatic carbocycles. The minimum Gasteiger partial charge on any atom is -0.481 e. The van der Waals surface area contributed by atoms with Gasteiger partial charge in [-0.1, -0.05) is 0 Å². The third-order valence-corrected chi connectivity index (χ3v) is 3.91. The van der Waals surface area contributed by atoms with E-state index in [4.69, 9.17) is 20.4 Å². The first-order chi connectivity index (χ1) is 15.5. The van der Waals surface area contributed by atoms with Crippen LogP contribution in [0.3, 0.4) is 0 Å². The second kappa shape index (κ2) is 11.9. The Bertz CT molecular complexity index is 899. The Morgan fingerprint density at radius 2 is 0.882 bits per heavy atom. The van der Waals surface area contributed by atoms with Crippen LogP contribution >= 0.6 is 0 Å². The van der Waals surface area contributed by atoms with Crippen molar-refractivity contribution in [1.29, 1.82) is 0 Å². The molecule has 1 atom stereocenters. The Balaban J connectivity index is 6.12. The fraction of sp³-hybridized carbons (Fsp3) is 0.471. The summed E-state index contributed by atoms with van der Waals surface area (Å²) in [7, 11) is 0. The number of carbonyl (C=O) groups excluding carboxylic acids is 3. The average Bonchev–Trinajstić information content (AvgIpc) is 2.63. The van der Waals surface area contributed by atoms with Crippen molar-refractivity contribution < 1.29 is 83.3 Å². The summed E-state index contributed by atoms with van der Waals surface area (Å²) in [6.07, 6.45) is -8.56. The first kappa shape index (κ1) is 29.4. The molecule has 0 amide bonds. The van der Waals surface area contributed by atoms with E-state index in [1.807, 2.05) is 0 Å². The molecule has 188 valence electrons. The highest BCUT2D eigenvalue weighted by molar-refractivity contribution is 6.34. The van der Waals surface area contributed by atoms with Crippen LogP contribution in [0.15, 0.2) is 0 Å². The SMILES string of the molecule is O=C(O)CCC(=O)C(=O)OC(CC(=O)O)(CC(=O)OC(CC(=O)O)(CC(=O)O)C(=O)O)C(=O)O. The van der Waals surface area contributed by atoms with Gasteiger partial charge in [0, 0.05) is 6.42 Å². The molecule has 0 aromatic carbocycles. The molecule has 0 aromatic rings. The zero-order chi connectivity index (χ0) is 26.9. The average molecular weight is 494 g/mol. The van der Waals surface area contributed by atoms with E-state index < -0.39 is 103 Å². The van der Waals surface area contributed by atoms with Gasteiger partial charge < -0.3 is 40.1 Å². The molecule has 0 saturated carbocycles. The van der Waals surface area contributed by atoms with Crippen molar-refractivity contribution in [1.82, 2.24) is 0 Å². The zero-order valence-corrected chi connectivity index (χ0v) is 16.9. The van der Waals surface area contributed by atoms with Crippen LogP contribution in [-0.4, -0.2) is 95.4 Å². The molecule has 0 fully saturated rings. The molecule has 17 nitrogen and oxygen atoms in total. The van der Waals surface area contributed by atoms with Crippen molar-refractivity contribution in [3.63, 3.8) is 0 Å². The summed E-state index contributed by atoms with van der Waals surface area (Å²) in [5.74, 6) is -17.7. The maximum absolute atomic E-state index is 12.3. The van der Waals surface area contributed by atoms with Crippen molar-refractivity contribution in [3.05, 3.63) is 0 Å². The normalized spacial score (nSPS) is 12.5. The first-order valence-electron chi connectivity index (χ1n) is 8.78. The van der Waals surface area contributed by atoms with E-state index in [9.17, 15) is 53.4 Å². The van der Waals surface area contributed by atoms with E-state index in [2.05, 4.69) is 9.47 Å². The third kappa shape index (κ3) is 8.89. The van der Waals surface area contributed by atoms with E-state index in [0.29, 0.717) is 0 Å². The van der Waals surface area contributed by atoms with Crippen LogP contribution in [-0.2, 0) is 52.6 Å². The molecule has 0 spiro atoms. The lowest BCUT2D eigenvalue weighted by atomic mass is 9.93. The molecule has 0 radical (unpaired) electrons. The van der Waals surface area contributed by atoms with E-state index in [-0.39, 0.29) is 0 Å². The maximum Gasteiger partial charge on any atom is 0.375 e. The number of carboxylic acid groups (broad SMARTS) is 6. The van der Waals surface area contributed by atoms with Crippen LogP contribution in [0.4, 0.5) is 0 Å². The van der Waals surface area contributed by atoms with E-state index >= 15 is 0 Å². The van der Waals surface area contributed by atoms with E-state index in [1.165, 1.54) is 0 Å². The molecular weight excluding hydrogens is 476 g/mol. The highest BCUT2D eigenvalue weighted by atomic mass is 16.6. The standard InChI is InChI=1S/C17H18O17/c18-7(1-2-8(19)20)13(28)34-17(15(31)32,5-11(25)26)6-12(27)33-16(14(29)30,3-9(21)22)4-10(23)24/h1-6H2,(H,19,20)(H,21,22)(H,23,24)(H,25,26)(H,29,30)(H,31,32). The van der Waals surface area contributed by atoms with Crippen LogP contribution in [0.2, 0.25) is 0 Å². The lowest BCUT2D eigenvalue weighted by Crippen LogP contribution is -2.51. The summed E-state index contributed by atoms with van der Waals surface area (Å²) >= 11 is 0. The minimum absolute atomic E-state index is 0.888. The summed E-state index contributed by atoms with van der Waals surface area (Å²) in [6, 6.07) is 0. The van der Waals surface area contributed by atoms with Crippen molar-refractivity contribution in [3.8, 4) is 0 Å². The molecule has 0 aliphatic rings. The van der Waals surface area contributed by atoms with Gasteiger partial charge in [0.05, 0.1) is 32.1 Å². The van der Waals surface area contributed by atoms with Gasteiger partial charge >= 0.3 is 47.8 Å². The monoisotopic (exact) mass is 494 g/mol. The smallest absolute Gasteiger partial charge is 0.375 e. The molecule has 0 bridgehead atoms. The summed E-state index contributed by atoms with van der Waals surface area (Å²) in [5, 5.41) is 53.9. The molecule has 6 N–H and O–H groups in total. The van der Waals surface area contributed by atoms with Gasteiger partial charge in [-0.3, -0.25) is 28.8 Å². The largest absolute Gasteiger partial charge is 0.481 e. The Kier molecular flexibility index (Phi) is 10.3. The molecule has 0 aromatic heterocycles. The number of ether oxygens (including phenoxy) is 2. The topological polar surface area (TPSA) is 293 Å². The predicted molar refractivity (Wildman–Crippen MR) is 96.2 cm³/mol. The Hall–Kier alpha value is -4.57. The summed E-state index contributed by atoms with van der Waals surface area (Å²) in [6.45, 7) is 0. The minimum atomic E-state index is -3.39. The number of rotatable bonds is 16. The maximum atomic E-state index is 12.3. The third-order valence-electron chi connectivity index (χ3n) is 3.91. The predicted octanol–water partition coefficient (Wildman–Crippen LogP) is -2.03. The van der Waals surface area contributed by atoms with Crippen LogP contribution in [0.1, 0.15) is 38.5 Å². The van der Waals surface area contributed by atoms with Crippen LogP contribution in [0.25, 0.3) is 0 Å². The number of hydrogen-bond acceptors (Lipinski definition) is 11. The molecule has 0 aliphatic heterocycles. The number of aliphatic carboxylic acids is 6. The fourth-order valence-electron chi connectivity index (χ4n) is 2.44. The summed E-state index contributed by atoms with van der Waals surface area (Å²) in [4.78, 5) is 103. The highest BCUT2D eigenvalue weighted by Crippen LogP contribution is 2.28. The Labute approximate surface area is 187 Å². The van der Waals surface area contributed by atoms with Crippen LogP contribution in [0.5, 0.6) is 0 Å². The van der Waals surface area contributed by atoms with Gasteiger partial charge in [0.15, 0.2) is 0 Å². The quantitative estimate of drug-likeness (QED) is 0.0994. The van der Waals surface area contributed by atoms with Gasteiger partial charge in [0.2, 0.25) is 17.0 Å². The number of hydrogen-bond donors (Lipinski definition) is 6. The van der Waals surface area contributed by atoms with Gasteiger partial charge in [-0.2, -0.15) is 0 Å².